The second-order valence-electron chi connectivity index (χ2n) is 6.64. The molecule has 1 aliphatic rings. The summed E-state index contributed by atoms with van der Waals surface area (Å²) in [5.41, 5.74) is 1.74. The Labute approximate surface area is 132 Å². The van der Waals surface area contributed by atoms with Gasteiger partial charge in [-0.25, -0.2) is 0 Å². The summed E-state index contributed by atoms with van der Waals surface area (Å²) in [5, 5.41) is 3.72. The number of hydrogen-bond acceptors (Lipinski definition) is 1. The van der Waals surface area contributed by atoms with E-state index in [0.29, 0.717) is 16.9 Å². The molecular weight excluding hydrogens is 284 g/mol. The van der Waals surface area contributed by atoms with Crippen molar-refractivity contribution in [3.8, 4) is 0 Å². The summed E-state index contributed by atoms with van der Waals surface area (Å²) < 4.78 is 0. The van der Waals surface area contributed by atoms with Gasteiger partial charge in [0.05, 0.1) is 13.1 Å². The van der Waals surface area contributed by atoms with Crippen molar-refractivity contribution in [3.05, 3.63) is 28.8 Å². The van der Waals surface area contributed by atoms with E-state index in [1.165, 1.54) is 11.3 Å². The van der Waals surface area contributed by atoms with Gasteiger partial charge >= 0.3 is 0 Å². The highest BCUT2D eigenvalue weighted by Gasteiger charge is 2.32. The molecule has 0 spiro atoms. The van der Waals surface area contributed by atoms with E-state index in [1.54, 1.807) is 0 Å². The number of carbonyl (C=O) groups excluding carboxylic acids is 1. The largest absolute Gasteiger partial charge is 0.324 e. The van der Waals surface area contributed by atoms with Gasteiger partial charge in [-0.1, -0.05) is 31.5 Å². The van der Waals surface area contributed by atoms with Crippen LogP contribution >= 0.6 is 11.6 Å². The van der Waals surface area contributed by atoms with Gasteiger partial charge in [0.25, 0.3) is 5.91 Å². The van der Waals surface area contributed by atoms with E-state index in [4.69, 9.17) is 11.6 Å². The maximum absolute atomic E-state index is 12.5. The van der Waals surface area contributed by atoms with Gasteiger partial charge in [0.15, 0.2) is 6.04 Å². The second kappa shape index (κ2) is 6.80. The molecule has 0 aromatic heterocycles. The molecule has 1 aliphatic heterocycles. The highest BCUT2D eigenvalue weighted by atomic mass is 35.5. The zero-order valence-corrected chi connectivity index (χ0v) is 14.1. The fraction of sp³-hybridized carbons (Fsp3) is 0.588. The Morgan fingerprint density at radius 2 is 1.95 bits per heavy atom. The smallest absolute Gasteiger partial charge is 0.282 e. The van der Waals surface area contributed by atoms with E-state index in [2.05, 4.69) is 19.2 Å². The van der Waals surface area contributed by atoms with Gasteiger partial charge in [0, 0.05) is 22.5 Å². The fourth-order valence-corrected chi connectivity index (χ4v) is 3.53. The Bertz CT molecular complexity index is 508. The predicted molar refractivity (Wildman–Crippen MR) is 87.9 cm³/mol. The highest BCUT2D eigenvalue weighted by molar-refractivity contribution is 6.31. The Morgan fingerprint density at radius 3 is 2.57 bits per heavy atom. The molecule has 1 aromatic rings. The molecule has 3 nitrogen and oxygen atoms in total. The average molecular weight is 310 g/mol. The minimum absolute atomic E-state index is 0.0337. The lowest BCUT2D eigenvalue weighted by molar-refractivity contribution is -0.925. The summed E-state index contributed by atoms with van der Waals surface area (Å²) in [7, 11) is 0. The van der Waals surface area contributed by atoms with Crippen LogP contribution in [-0.4, -0.2) is 25.0 Å². The first-order valence-corrected chi connectivity index (χ1v) is 8.16. The number of piperidine rings is 1. The van der Waals surface area contributed by atoms with Crippen LogP contribution in [0.3, 0.4) is 0 Å². The first-order chi connectivity index (χ1) is 9.88. The van der Waals surface area contributed by atoms with Crippen LogP contribution in [0, 0.1) is 18.8 Å². The van der Waals surface area contributed by atoms with Gasteiger partial charge in [0.2, 0.25) is 0 Å². The minimum atomic E-state index is -0.0337. The lowest BCUT2D eigenvalue weighted by atomic mass is 9.91. The van der Waals surface area contributed by atoms with Crippen LogP contribution in [0.2, 0.25) is 5.02 Å². The van der Waals surface area contributed by atoms with Crippen molar-refractivity contribution in [2.45, 2.75) is 40.2 Å². The van der Waals surface area contributed by atoms with Gasteiger partial charge in [-0.15, -0.1) is 0 Å². The molecule has 1 heterocycles. The minimum Gasteiger partial charge on any atom is -0.324 e. The van der Waals surface area contributed by atoms with Crippen LogP contribution in [0.25, 0.3) is 0 Å². The quantitative estimate of drug-likeness (QED) is 0.884. The van der Waals surface area contributed by atoms with Crippen LogP contribution in [0.5, 0.6) is 0 Å². The molecular formula is C17H26ClN2O+. The molecule has 2 rings (SSSR count). The van der Waals surface area contributed by atoms with Crippen LogP contribution in [0.4, 0.5) is 5.69 Å². The number of nitrogens with one attached hydrogen (secondary N) is 2. The number of hydrogen-bond donors (Lipinski definition) is 2. The lowest BCUT2D eigenvalue weighted by Crippen LogP contribution is -3.18. The van der Waals surface area contributed by atoms with E-state index in [9.17, 15) is 4.79 Å². The Morgan fingerprint density at radius 1 is 1.33 bits per heavy atom. The number of likely N-dealkylation sites (tertiary alicyclic amines) is 1. The molecule has 4 heteroatoms. The number of amides is 1. The summed E-state index contributed by atoms with van der Waals surface area (Å²) in [5.74, 6) is 1.45. The van der Waals surface area contributed by atoms with Crippen molar-refractivity contribution in [1.82, 2.24) is 0 Å². The molecule has 1 amide bonds. The summed E-state index contributed by atoms with van der Waals surface area (Å²) in [4.78, 5) is 13.9. The summed E-state index contributed by atoms with van der Waals surface area (Å²) >= 11 is 6.11. The lowest BCUT2D eigenvalue weighted by Gasteiger charge is -2.35. The monoisotopic (exact) mass is 309 g/mol. The molecule has 0 aliphatic carbocycles. The summed E-state index contributed by atoms with van der Waals surface area (Å²) in [6, 6.07) is 5.58. The molecule has 1 aromatic carbocycles. The van der Waals surface area contributed by atoms with Gasteiger partial charge in [-0.05, 0) is 38.0 Å². The molecule has 4 atom stereocenters. The zero-order valence-electron chi connectivity index (χ0n) is 13.4. The Balaban J connectivity index is 2.04. The molecule has 2 N–H and O–H groups in total. The zero-order chi connectivity index (χ0) is 15.6. The molecule has 116 valence electrons. The van der Waals surface area contributed by atoms with E-state index < -0.39 is 0 Å². The van der Waals surface area contributed by atoms with Crippen LogP contribution in [0.15, 0.2) is 18.2 Å². The molecule has 1 unspecified atom stereocenters. The molecule has 1 saturated heterocycles. The Kier molecular flexibility index (Phi) is 5.28. The van der Waals surface area contributed by atoms with Crippen LogP contribution < -0.4 is 10.2 Å². The fourth-order valence-electron chi connectivity index (χ4n) is 3.35. The summed E-state index contributed by atoms with van der Waals surface area (Å²) in [6.45, 7) is 10.7. The SMILES string of the molecule is Cc1c(Cl)cccc1NC(=O)[C@@H](C)[NH+]1C[C@H](C)C[C@H](C)C1. The van der Waals surface area contributed by atoms with Gasteiger partial charge < -0.3 is 10.2 Å². The number of rotatable bonds is 3. The number of anilines is 1. The van der Waals surface area contributed by atoms with E-state index in [-0.39, 0.29) is 11.9 Å². The molecule has 21 heavy (non-hydrogen) atoms. The van der Waals surface area contributed by atoms with Crippen molar-refractivity contribution < 1.29 is 9.69 Å². The number of quaternary nitrogens is 1. The van der Waals surface area contributed by atoms with Gasteiger partial charge in [0.1, 0.15) is 0 Å². The topological polar surface area (TPSA) is 33.5 Å². The third kappa shape index (κ3) is 3.98. The average Bonchev–Trinajstić information content (AvgIpc) is 2.42. The summed E-state index contributed by atoms with van der Waals surface area (Å²) in [6.07, 6.45) is 1.27. The molecule has 1 fully saturated rings. The standard InChI is InChI=1S/C17H25ClN2O/c1-11-8-12(2)10-20(9-11)14(4)17(21)19-16-7-5-6-15(18)13(16)3/h5-7,11-12,14H,8-10H2,1-4H3,(H,19,21)/p+1/t11-,12+,14-/m1/s1. The third-order valence-electron chi connectivity index (χ3n) is 4.56. The van der Waals surface area contributed by atoms with E-state index in [1.807, 2.05) is 32.0 Å². The molecule has 0 bridgehead atoms. The first kappa shape index (κ1) is 16.3. The van der Waals surface area contributed by atoms with E-state index in [0.717, 1.165) is 24.3 Å². The van der Waals surface area contributed by atoms with Crippen molar-refractivity contribution >= 4 is 23.2 Å². The Hall–Kier alpha value is -1.06. The second-order valence-corrected chi connectivity index (χ2v) is 7.04. The van der Waals surface area contributed by atoms with Crippen molar-refractivity contribution in [3.63, 3.8) is 0 Å². The van der Waals surface area contributed by atoms with Gasteiger partial charge in [-0.2, -0.15) is 0 Å². The number of halogens is 1. The predicted octanol–water partition coefficient (Wildman–Crippen LogP) is 2.54. The molecule has 0 radical (unpaired) electrons. The van der Waals surface area contributed by atoms with E-state index >= 15 is 0 Å². The number of carbonyl (C=O) groups is 1. The third-order valence-corrected chi connectivity index (χ3v) is 4.97. The highest BCUT2D eigenvalue weighted by Crippen LogP contribution is 2.23. The van der Waals surface area contributed by atoms with Crippen molar-refractivity contribution in [2.75, 3.05) is 18.4 Å². The first-order valence-electron chi connectivity index (χ1n) is 7.79. The van der Waals surface area contributed by atoms with Crippen LogP contribution in [0.1, 0.15) is 32.8 Å². The molecule has 0 saturated carbocycles. The number of benzene rings is 1. The van der Waals surface area contributed by atoms with Crippen molar-refractivity contribution in [1.29, 1.82) is 0 Å². The normalized spacial score (nSPS) is 27.2. The maximum atomic E-state index is 12.5. The van der Waals surface area contributed by atoms with Crippen LogP contribution in [-0.2, 0) is 4.79 Å². The van der Waals surface area contributed by atoms with Crippen molar-refractivity contribution in [2.24, 2.45) is 11.8 Å². The maximum Gasteiger partial charge on any atom is 0.282 e. The van der Waals surface area contributed by atoms with Gasteiger partial charge in [-0.3, -0.25) is 4.79 Å².